The largest absolute Gasteiger partial charge is 0.508 e. The Morgan fingerprint density at radius 3 is 2.39 bits per heavy atom. The lowest BCUT2D eigenvalue weighted by molar-refractivity contribution is -0.125. The highest BCUT2D eigenvalue weighted by Crippen LogP contribution is 2.61. The van der Waals surface area contributed by atoms with Gasteiger partial charge in [0, 0.05) is 34.3 Å². The van der Waals surface area contributed by atoms with E-state index in [0.717, 1.165) is 32.1 Å². The molecule has 182 valence electrons. The maximum Gasteiger partial charge on any atom is 0.336 e. The molecule has 0 spiro atoms. The van der Waals surface area contributed by atoms with Gasteiger partial charge in [-0.3, -0.25) is 9.59 Å². The van der Waals surface area contributed by atoms with Crippen molar-refractivity contribution in [2.45, 2.75) is 39.0 Å². The van der Waals surface area contributed by atoms with Crippen molar-refractivity contribution >= 4 is 28.5 Å². The van der Waals surface area contributed by atoms with E-state index in [1.807, 2.05) is 0 Å². The topological polar surface area (TPSA) is 117 Å². The van der Waals surface area contributed by atoms with Crippen LogP contribution in [-0.4, -0.2) is 22.1 Å². The summed E-state index contributed by atoms with van der Waals surface area (Å²) in [6.45, 7) is 2.24. The van der Waals surface area contributed by atoms with Crippen molar-refractivity contribution in [3.05, 3.63) is 70.4 Å². The van der Waals surface area contributed by atoms with Gasteiger partial charge in [-0.25, -0.2) is 4.79 Å². The van der Waals surface area contributed by atoms with Crippen LogP contribution in [0.4, 0.5) is 5.69 Å². The molecule has 1 amide bonds. The first-order chi connectivity index (χ1) is 17.2. The monoisotopic (exact) mass is 483 g/mol. The maximum atomic E-state index is 13.3. The molecule has 6 rings (SSSR count). The second kappa shape index (κ2) is 7.68. The number of carbonyl (C=O) groups excluding carboxylic acids is 1. The van der Waals surface area contributed by atoms with Crippen LogP contribution in [0.2, 0.25) is 0 Å². The Morgan fingerprint density at radius 1 is 0.944 bits per heavy atom. The van der Waals surface area contributed by atoms with Crippen LogP contribution in [0, 0.1) is 10.8 Å². The number of aromatic hydroxyl groups is 1. The molecule has 1 heterocycles. The number of rotatable bonds is 4. The lowest BCUT2D eigenvalue weighted by Crippen LogP contribution is -2.32. The lowest BCUT2D eigenvalue weighted by Gasteiger charge is -2.25. The molecule has 0 saturated heterocycles. The number of carboxylic acid groups (broad SMARTS) is 1. The highest BCUT2D eigenvalue weighted by atomic mass is 16.4. The predicted molar refractivity (Wildman–Crippen MR) is 135 cm³/mol. The summed E-state index contributed by atoms with van der Waals surface area (Å²) in [5.41, 5.74) is 1.94. The average molecular weight is 484 g/mol. The molecule has 36 heavy (non-hydrogen) atoms. The summed E-state index contributed by atoms with van der Waals surface area (Å²) < 4.78 is 5.87. The molecule has 4 aliphatic rings. The number of benzene rings is 3. The van der Waals surface area contributed by atoms with Crippen LogP contribution >= 0.6 is 0 Å². The molecule has 2 saturated carbocycles. The Kier molecular flexibility index (Phi) is 4.77. The zero-order valence-electron chi connectivity index (χ0n) is 19.8. The number of carboxylic acids is 1. The number of phenols is 1. The summed E-state index contributed by atoms with van der Waals surface area (Å²) in [4.78, 5) is 37.7. The molecule has 2 aromatic rings. The molecular weight excluding hydrogens is 458 g/mol. The van der Waals surface area contributed by atoms with E-state index in [1.54, 1.807) is 24.3 Å². The molecule has 2 aromatic carbocycles. The molecule has 7 heteroatoms. The second-order valence-electron chi connectivity index (χ2n) is 10.6. The number of hydrogen-bond acceptors (Lipinski definition) is 5. The van der Waals surface area contributed by atoms with Crippen LogP contribution in [0.3, 0.4) is 0 Å². The summed E-state index contributed by atoms with van der Waals surface area (Å²) in [7, 11) is 0. The first kappa shape index (κ1) is 22.3. The minimum Gasteiger partial charge on any atom is -0.508 e. The SMILES string of the molecule is CC12CCC(C(=O)Nc3ccc(-c4c5ccc(=O)cc-5oc5cc(O)ccc45)c(C(=O)O)c3)(CC1)C2. The normalized spacial score (nSPS) is 22.8. The second-order valence-corrected chi connectivity index (χ2v) is 10.6. The van der Waals surface area contributed by atoms with Crippen LogP contribution in [0.25, 0.3) is 33.4 Å². The van der Waals surface area contributed by atoms with E-state index >= 15 is 0 Å². The van der Waals surface area contributed by atoms with Crippen molar-refractivity contribution in [3.63, 3.8) is 0 Å². The quantitative estimate of drug-likeness (QED) is 0.312. The zero-order chi connectivity index (χ0) is 25.2. The third-order valence-electron chi connectivity index (χ3n) is 8.12. The molecule has 3 N–H and O–H groups in total. The Bertz CT molecular complexity index is 1590. The van der Waals surface area contributed by atoms with E-state index in [1.165, 1.54) is 30.3 Å². The van der Waals surface area contributed by atoms with Crippen molar-refractivity contribution < 1.29 is 24.2 Å². The van der Waals surface area contributed by atoms with Gasteiger partial charge in [-0.1, -0.05) is 13.0 Å². The molecule has 7 nitrogen and oxygen atoms in total. The van der Waals surface area contributed by atoms with E-state index in [0.29, 0.717) is 33.3 Å². The Labute approximate surface area is 206 Å². The highest BCUT2D eigenvalue weighted by Gasteiger charge is 2.55. The third-order valence-corrected chi connectivity index (χ3v) is 8.12. The number of carbonyl (C=O) groups is 2. The maximum absolute atomic E-state index is 13.3. The van der Waals surface area contributed by atoms with Gasteiger partial charge in [0.25, 0.3) is 0 Å². The predicted octanol–water partition coefficient (Wildman–Crippen LogP) is 5.88. The van der Waals surface area contributed by atoms with Crippen LogP contribution in [-0.2, 0) is 4.79 Å². The van der Waals surface area contributed by atoms with Gasteiger partial charge in [-0.2, -0.15) is 0 Å². The third kappa shape index (κ3) is 3.46. The molecule has 2 bridgehead atoms. The summed E-state index contributed by atoms with van der Waals surface area (Å²) in [5, 5.41) is 23.7. The minimum absolute atomic E-state index is 0.0133. The first-order valence-electron chi connectivity index (χ1n) is 12.1. The number of aromatic carboxylic acids is 1. The molecule has 2 fully saturated rings. The number of nitrogens with one attached hydrogen (secondary N) is 1. The van der Waals surface area contributed by atoms with Crippen molar-refractivity contribution in [1.29, 1.82) is 0 Å². The fraction of sp³-hybridized carbons (Fsp3) is 0.276. The van der Waals surface area contributed by atoms with Gasteiger partial charge < -0.3 is 19.9 Å². The number of phenolic OH excluding ortho intramolecular Hbond substituents is 1. The molecule has 0 unspecified atom stereocenters. The summed E-state index contributed by atoms with van der Waals surface area (Å²) >= 11 is 0. The van der Waals surface area contributed by atoms with E-state index < -0.39 is 5.97 Å². The molecule has 1 aliphatic heterocycles. The average Bonchev–Trinajstić information content (AvgIpc) is 3.37. The standard InChI is InChI=1S/C29H25NO6/c1-28-8-10-29(15-28,11-9-28)27(35)30-16-2-5-19(22(12-16)26(33)34)25-20-6-3-17(31)13-23(20)36-24-14-18(32)4-7-21(24)25/h2-7,12-14,31H,8-11,15H2,1H3,(H,30,35)(H,33,34). The van der Waals surface area contributed by atoms with Crippen molar-refractivity contribution in [3.8, 4) is 28.2 Å². The molecule has 0 aromatic heterocycles. The van der Waals surface area contributed by atoms with E-state index in [-0.39, 0.29) is 39.2 Å². The van der Waals surface area contributed by atoms with Gasteiger partial charge in [0.15, 0.2) is 5.43 Å². The van der Waals surface area contributed by atoms with Gasteiger partial charge in [0.2, 0.25) is 5.91 Å². The van der Waals surface area contributed by atoms with Crippen LogP contribution in [0.5, 0.6) is 5.75 Å². The highest BCUT2D eigenvalue weighted by molar-refractivity contribution is 6.08. The molecule has 0 radical (unpaired) electrons. The Morgan fingerprint density at radius 2 is 1.69 bits per heavy atom. The number of anilines is 1. The molecule has 0 atom stereocenters. The van der Waals surface area contributed by atoms with E-state index in [9.17, 15) is 24.6 Å². The fourth-order valence-electron chi connectivity index (χ4n) is 6.24. The molecule has 3 aliphatic carbocycles. The summed E-state index contributed by atoms with van der Waals surface area (Å²) in [6, 6.07) is 13.8. The van der Waals surface area contributed by atoms with Crippen LogP contribution in [0.1, 0.15) is 49.4 Å². The Hall–Kier alpha value is -4.13. The van der Waals surface area contributed by atoms with Gasteiger partial charge in [-0.15, -0.1) is 0 Å². The van der Waals surface area contributed by atoms with Gasteiger partial charge in [0.1, 0.15) is 17.1 Å². The minimum atomic E-state index is -1.14. The van der Waals surface area contributed by atoms with Crippen LogP contribution < -0.4 is 10.7 Å². The fourth-order valence-corrected chi connectivity index (χ4v) is 6.24. The van der Waals surface area contributed by atoms with E-state index in [4.69, 9.17) is 4.42 Å². The first-order valence-corrected chi connectivity index (χ1v) is 12.1. The van der Waals surface area contributed by atoms with Crippen molar-refractivity contribution in [1.82, 2.24) is 0 Å². The zero-order valence-corrected chi connectivity index (χ0v) is 19.8. The molecular formula is C29H25NO6. The Balaban J connectivity index is 1.48. The number of amides is 1. The number of hydrogen-bond donors (Lipinski definition) is 3. The van der Waals surface area contributed by atoms with Gasteiger partial charge in [-0.05, 0) is 79.5 Å². The summed E-state index contributed by atoms with van der Waals surface area (Å²) in [6.07, 6.45) is 4.67. The van der Waals surface area contributed by atoms with E-state index in [2.05, 4.69) is 12.2 Å². The smallest absolute Gasteiger partial charge is 0.336 e. The van der Waals surface area contributed by atoms with Gasteiger partial charge in [0.05, 0.1) is 11.0 Å². The lowest BCUT2D eigenvalue weighted by atomic mass is 9.82. The van der Waals surface area contributed by atoms with Crippen LogP contribution in [0.15, 0.2) is 63.8 Å². The summed E-state index contributed by atoms with van der Waals surface area (Å²) in [5.74, 6) is -0.912. The van der Waals surface area contributed by atoms with Gasteiger partial charge >= 0.3 is 5.97 Å². The van der Waals surface area contributed by atoms with Crippen molar-refractivity contribution in [2.24, 2.45) is 10.8 Å². The number of fused-ring (bicyclic) bond motifs is 4. The van der Waals surface area contributed by atoms with Crippen molar-refractivity contribution in [2.75, 3.05) is 5.32 Å².